The highest BCUT2D eigenvalue weighted by atomic mass is 127. The zero-order valence-electron chi connectivity index (χ0n) is 13.3. The summed E-state index contributed by atoms with van der Waals surface area (Å²) in [6.45, 7) is 1.98. The minimum absolute atomic E-state index is 0.0609. The Kier molecular flexibility index (Phi) is 6.90. The summed E-state index contributed by atoms with van der Waals surface area (Å²) in [6.07, 6.45) is 3.06. The van der Waals surface area contributed by atoms with Gasteiger partial charge in [-0.05, 0) is 18.6 Å². The monoisotopic (exact) mass is 550 g/mol. The molecule has 0 spiro atoms. The second-order valence-electron chi connectivity index (χ2n) is 4.98. The minimum atomic E-state index is -0.679. The zero-order chi connectivity index (χ0) is 17.7. The normalized spacial score (nSPS) is 11.0. The molecule has 0 radical (unpaired) electrons. The van der Waals surface area contributed by atoms with E-state index in [1.54, 1.807) is 6.08 Å². The zero-order valence-corrected chi connectivity index (χ0v) is 17.6. The molecular formula is C18H16I2O4. The predicted molar refractivity (Wildman–Crippen MR) is 114 cm³/mol. The molecule has 0 N–H and O–H groups in total. The molecule has 2 rings (SSSR count). The number of hydrogen-bond donors (Lipinski definition) is 0. The molecule has 4 nitrogen and oxygen atoms in total. The van der Waals surface area contributed by atoms with Gasteiger partial charge in [-0.25, -0.2) is 4.79 Å². The summed E-state index contributed by atoms with van der Waals surface area (Å²) in [5, 5.41) is 0. The molecule has 0 unspecified atom stereocenters. The van der Waals surface area contributed by atoms with Crippen LogP contribution in [0.25, 0.3) is 6.08 Å². The van der Waals surface area contributed by atoms with Crippen LogP contribution in [0.5, 0.6) is 5.75 Å². The van der Waals surface area contributed by atoms with Crippen LogP contribution in [0.4, 0.5) is 0 Å². The van der Waals surface area contributed by atoms with Gasteiger partial charge in [-0.1, -0.05) is 40.4 Å². The van der Waals surface area contributed by atoms with Gasteiger partial charge in [-0.3, -0.25) is 4.79 Å². The molecule has 2 aromatic rings. The van der Waals surface area contributed by atoms with Crippen LogP contribution in [-0.4, -0.2) is 17.4 Å². The molecule has 0 atom stereocenters. The molecule has 0 fully saturated rings. The van der Waals surface area contributed by atoms with Crippen molar-refractivity contribution in [2.75, 3.05) is 7.11 Å². The van der Waals surface area contributed by atoms with Crippen LogP contribution in [0.15, 0.2) is 39.6 Å². The van der Waals surface area contributed by atoms with E-state index >= 15 is 0 Å². The average Bonchev–Trinajstić information content (AvgIpc) is 2.55. The lowest BCUT2D eigenvalue weighted by molar-refractivity contribution is 0.104. The van der Waals surface area contributed by atoms with E-state index in [0.717, 1.165) is 16.7 Å². The van der Waals surface area contributed by atoms with E-state index < -0.39 is 11.4 Å². The van der Waals surface area contributed by atoms with Gasteiger partial charge in [-0.15, -0.1) is 20.7 Å². The maximum absolute atomic E-state index is 12.5. The maximum Gasteiger partial charge on any atom is 0.351 e. The summed E-state index contributed by atoms with van der Waals surface area (Å²) in [6, 6.07) is 7.73. The van der Waals surface area contributed by atoms with Crippen molar-refractivity contribution in [3.8, 4) is 5.75 Å². The Morgan fingerprint density at radius 1 is 1.46 bits per heavy atom. The second-order valence-corrected chi connectivity index (χ2v) is 7.81. The van der Waals surface area contributed by atoms with Crippen molar-refractivity contribution in [3.05, 3.63) is 66.8 Å². The summed E-state index contributed by atoms with van der Waals surface area (Å²) in [7, 11) is 1.46. The van der Waals surface area contributed by atoms with Gasteiger partial charge in [0.15, 0.2) is 9.55 Å². The molecule has 0 saturated carbocycles. The molecule has 24 heavy (non-hydrogen) atoms. The molecule has 1 aromatic heterocycles. The first-order chi connectivity index (χ1) is 11.5. The molecule has 0 saturated heterocycles. The summed E-state index contributed by atoms with van der Waals surface area (Å²) in [5.41, 5.74) is 1.99. The highest BCUT2D eigenvalue weighted by Crippen LogP contribution is 2.29. The topological polar surface area (TPSA) is 56.5 Å². The predicted octanol–water partition coefficient (Wildman–Crippen LogP) is 4.36. The molecular weight excluding hydrogens is 534 g/mol. The summed E-state index contributed by atoms with van der Waals surface area (Å²) >= 11 is 1.62. The van der Waals surface area contributed by atoms with Crippen LogP contribution in [0.1, 0.15) is 27.0 Å². The highest BCUT2D eigenvalue weighted by Gasteiger charge is 2.22. The van der Waals surface area contributed by atoms with Crippen LogP contribution in [0.3, 0.4) is 0 Å². The molecule has 1 aromatic carbocycles. The summed E-state index contributed by atoms with van der Waals surface area (Å²) < 4.78 is 15.6. The highest BCUT2D eigenvalue weighted by molar-refractivity contribution is 14.2. The lowest BCUT2D eigenvalue weighted by atomic mass is 10.1. The Balaban J connectivity index is 2.47. The fraction of sp³-hybridized carbons (Fsp3) is 0.167. The maximum atomic E-state index is 12.5. The van der Waals surface area contributed by atoms with Gasteiger partial charge in [0.05, 0.1) is 12.7 Å². The lowest BCUT2D eigenvalue weighted by Gasteiger charge is -2.10. The number of ether oxygens (including phenoxy) is 1. The van der Waals surface area contributed by atoms with Crippen LogP contribution in [0, 0.1) is 10.7 Å². The molecule has 1 heterocycles. The number of halogens is 2. The Labute approximate surface area is 163 Å². The molecule has 0 bridgehead atoms. The first-order valence-electron chi connectivity index (χ1n) is 6.99. The van der Waals surface area contributed by atoms with E-state index in [-0.39, 0.29) is 26.3 Å². The lowest BCUT2D eigenvalue weighted by Crippen LogP contribution is -2.17. The van der Waals surface area contributed by atoms with E-state index in [0.29, 0.717) is 13.9 Å². The van der Waals surface area contributed by atoms with E-state index in [9.17, 15) is 9.59 Å². The van der Waals surface area contributed by atoms with Crippen molar-refractivity contribution in [3.63, 3.8) is 0 Å². The Bertz CT molecular complexity index is 866. The number of allylic oxidation sites excluding steroid dienone is 1. The van der Waals surface area contributed by atoms with E-state index in [1.165, 1.54) is 13.2 Å². The van der Waals surface area contributed by atoms with Gasteiger partial charge in [0, 0.05) is 27.0 Å². The molecule has 0 aliphatic heterocycles. The minimum Gasteiger partial charge on any atom is -0.495 e. The summed E-state index contributed by atoms with van der Waals surface area (Å²) in [4.78, 5) is 24.7. The Morgan fingerprint density at radius 3 is 2.83 bits per heavy atom. The average molecular weight is 550 g/mol. The van der Waals surface area contributed by atoms with Gasteiger partial charge in [-0.2, -0.15) is 0 Å². The standard InChI is InChI=1S/C18H16I2O4/c1-11-5-4-6-12(9-11)7-8-14(21)15-16(23-3)13(10-20-2)17(19)24-18(15)22/h4-9H,2,10H2,1,3H3/b8-7+. The molecule has 0 aliphatic rings. The van der Waals surface area contributed by atoms with Crippen molar-refractivity contribution in [1.82, 2.24) is 0 Å². The number of ketones is 1. The smallest absolute Gasteiger partial charge is 0.351 e. The fourth-order valence-corrected chi connectivity index (χ4v) is 4.80. The number of aryl methyl sites for hydroxylation is 1. The van der Waals surface area contributed by atoms with E-state index in [2.05, 4.69) is 4.51 Å². The molecule has 0 aliphatic carbocycles. The van der Waals surface area contributed by atoms with Gasteiger partial charge in [0.25, 0.3) is 0 Å². The van der Waals surface area contributed by atoms with Crippen LogP contribution >= 0.6 is 43.3 Å². The van der Waals surface area contributed by atoms with Gasteiger partial charge in [0.2, 0.25) is 0 Å². The van der Waals surface area contributed by atoms with Crippen LogP contribution in [-0.2, 0) is 4.43 Å². The van der Waals surface area contributed by atoms with Crippen molar-refractivity contribution in [2.24, 2.45) is 0 Å². The van der Waals surface area contributed by atoms with Crippen molar-refractivity contribution < 1.29 is 13.9 Å². The fourth-order valence-electron chi connectivity index (χ4n) is 2.20. The molecule has 126 valence electrons. The van der Waals surface area contributed by atoms with Crippen LogP contribution < -0.4 is 10.4 Å². The Hall–Kier alpha value is -1.29. The van der Waals surface area contributed by atoms with Crippen molar-refractivity contribution >= 4 is 59.7 Å². The number of hydrogen-bond acceptors (Lipinski definition) is 4. The van der Waals surface area contributed by atoms with E-state index in [1.807, 2.05) is 53.8 Å². The van der Waals surface area contributed by atoms with Gasteiger partial charge < -0.3 is 9.15 Å². The number of rotatable bonds is 6. The number of carbonyl (C=O) groups is 1. The number of alkyl halides is 1. The second kappa shape index (κ2) is 8.70. The van der Waals surface area contributed by atoms with Crippen molar-refractivity contribution in [2.45, 2.75) is 11.4 Å². The van der Waals surface area contributed by atoms with Gasteiger partial charge >= 0.3 is 5.63 Å². The van der Waals surface area contributed by atoms with Gasteiger partial charge in [0.1, 0.15) is 11.3 Å². The third-order valence-corrected chi connectivity index (χ3v) is 5.45. The largest absolute Gasteiger partial charge is 0.495 e. The Morgan fingerprint density at radius 2 is 2.21 bits per heavy atom. The third kappa shape index (κ3) is 4.41. The molecule has 6 heteroatoms. The first-order valence-corrected chi connectivity index (χ1v) is 11.1. The molecule has 0 amide bonds. The third-order valence-electron chi connectivity index (χ3n) is 3.27. The number of methoxy groups -OCH3 is 1. The SMILES string of the molecule is C=ICc1c(I)oc(=O)c(C(=O)/C=C/c2cccc(C)c2)c1OC. The van der Waals surface area contributed by atoms with E-state index in [4.69, 9.17) is 9.15 Å². The number of benzene rings is 1. The quantitative estimate of drug-likeness (QED) is 0.232. The number of carbonyl (C=O) groups excluding carboxylic acids is 1. The summed E-state index contributed by atoms with van der Waals surface area (Å²) in [5.74, 6) is -0.125. The van der Waals surface area contributed by atoms with Crippen LogP contribution in [0.2, 0.25) is 0 Å². The first kappa shape index (κ1) is 19.0. The van der Waals surface area contributed by atoms with Crippen molar-refractivity contribution in [1.29, 1.82) is 0 Å².